The number of primary amides is 1. The minimum Gasteiger partial charge on any atom is -0.481 e. The maximum atomic E-state index is 12.8. The van der Waals surface area contributed by atoms with Crippen LogP contribution in [-0.2, 0) is 23.9 Å². The molecule has 0 fully saturated rings. The highest BCUT2D eigenvalue weighted by Gasteiger charge is 2.45. The molecular formula is C18H24N2O6. The van der Waals surface area contributed by atoms with E-state index in [1.165, 1.54) is 0 Å². The Morgan fingerprint density at radius 1 is 1.15 bits per heavy atom. The number of aliphatic carboxylic acids is 1. The monoisotopic (exact) mass is 364 g/mol. The SMILES string of the molecule is CCCCC(COC(=O)CCC(=O)O)(C(N)=O)C(=O)Nc1ccccc1. The summed E-state index contributed by atoms with van der Waals surface area (Å²) in [5.74, 6) is -3.50. The number of carbonyl (C=O) groups excluding carboxylic acids is 3. The Morgan fingerprint density at radius 2 is 1.81 bits per heavy atom. The fraction of sp³-hybridized carbons (Fsp3) is 0.444. The zero-order valence-electron chi connectivity index (χ0n) is 14.7. The number of hydrogen-bond donors (Lipinski definition) is 3. The lowest BCUT2D eigenvalue weighted by atomic mass is 9.81. The number of hydrogen-bond acceptors (Lipinski definition) is 5. The molecule has 8 heteroatoms. The highest BCUT2D eigenvalue weighted by molar-refractivity contribution is 6.10. The Hall–Kier alpha value is -2.90. The number of carboxylic acid groups (broad SMARTS) is 1. The first-order valence-corrected chi connectivity index (χ1v) is 8.35. The molecule has 2 amide bonds. The third-order valence-corrected chi connectivity index (χ3v) is 3.92. The first-order chi connectivity index (χ1) is 12.3. The average molecular weight is 364 g/mol. The molecule has 4 N–H and O–H groups in total. The predicted molar refractivity (Wildman–Crippen MR) is 94.1 cm³/mol. The van der Waals surface area contributed by atoms with E-state index >= 15 is 0 Å². The standard InChI is InChI=1S/C18H24N2O6/c1-2-3-11-18(16(19)24,12-26-15(23)10-9-14(21)22)17(25)20-13-7-5-4-6-8-13/h4-8H,2-3,9-12H2,1H3,(H2,19,24)(H,20,25)(H,21,22). The second-order valence-electron chi connectivity index (χ2n) is 5.92. The second-order valence-corrected chi connectivity index (χ2v) is 5.92. The molecule has 0 aliphatic carbocycles. The molecular weight excluding hydrogens is 340 g/mol. The molecule has 0 bridgehead atoms. The van der Waals surface area contributed by atoms with E-state index in [0.29, 0.717) is 18.5 Å². The fourth-order valence-electron chi connectivity index (χ4n) is 2.29. The van der Waals surface area contributed by atoms with Crippen molar-refractivity contribution in [2.75, 3.05) is 11.9 Å². The molecule has 0 saturated heterocycles. The van der Waals surface area contributed by atoms with E-state index in [2.05, 4.69) is 5.32 Å². The van der Waals surface area contributed by atoms with Gasteiger partial charge in [-0.25, -0.2) is 0 Å². The van der Waals surface area contributed by atoms with Crippen LogP contribution >= 0.6 is 0 Å². The maximum absolute atomic E-state index is 12.8. The molecule has 1 rings (SSSR count). The molecule has 1 atom stereocenters. The molecule has 0 radical (unpaired) electrons. The Kier molecular flexibility index (Phi) is 8.27. The van der Waals surface area contributed by atoms with Crippen LogP contribution in [-0.4, -0.2) is 35.5 Å². The molecule has 0 aliphatic rings. The molecule has 0 heterocycles. The van der Waals surface area contributed by atoms with Gasteiger partial charge in [-0.2, -0.15) is 0 Å². The van der Waals surface area contributed by atoms with Gasteiger partial charge in [0.05, 0.1) is 12.8 Å². The molecule has 1 unspecified atom stereocenters. The summed E-state index contributed by atoms with van der Waals surface area (Å²) in [4.78, 5) is 47.1. The quantitative estimate of drug-likeness (QED) is 0.404. The first-order valence-electron chi connectivity index (χ1n) is 8.35. The van der Waals surface area contributed by atoms with Crippen LogP contribution in [0.25, 0.3) is 0 Å². The number of ether oxygens (including phenoxy) is 1. The van der Waals surface area contributed by atoms with Crippen LogP contribution in [0.1, 0.15) is 39.0 Å². The van der Waals surface area contributed by atoms with Gasteiger partial charge in [0.25, 0.3) is 0 Å². The van der Waals surface area contributed by atoms with Crippen molar-refractivity contribution in [3.05, 3.63) is 30.3 Å². The molecule has 1 aromatic carbocycles. The highest BCUT2D eigenvalue weighted by Crippen LogP contribution is 2.28. The van der Waals surface area contributed by atoms with E-state index < -0.39 is 42.2 Å². The highest BCUT2D eigenvalue weighted by atomic mass is 16.5. The summed E-state index contributed by atoms with van der Waals surface area (Å²) in [5.41, 5.74) is 4.26. The Balaban J connectivity index is 2.93. The van der Waals surface area contributed by atoms with Crippen molar-refractivity contribution in [2.24, 2.45) is 11.1 Å². The van der Waals surface area contributed by atoms with E-state index in [0.717, 1.165) is 0 Å². The molecule has 0 saturated carbocycles. The molecule has 8 nitrogen and oxygen atoms in total. The molecule has 0 aromatic heterocycles. The molecule has 0 aliphatic heterocycles. The first kappa shape index (κ1) is 21.1. The smallest absolute Gasteiger partial charge is 0.306 e. The van der Waals surface area contributed by atoms with Gasteiger partial charge in [0.2, 0.25) is 11.8 Å². The van der Waals surface area contributed by atoms with Gasteiger partial charge in [-0.05, 0) is 18.6 Å². The van der Waals surface area contributed by atoms with E-state index in [1.54, 1.807) is 30.3 Å². The van der Waals surface area contributed by atoms with Crippen molar-refractivity contribution in [1.29, 1.82) is 0 Å². The summed E-state index contributed by atoms with van der Waals surface area (Å²) in [6.07, 6.45) is 0.605. The number of unbranched alkanes of at least 4 members (excludes halogenated alkanes) is 1. The van der Waals surface area contributed by atoms with Crippen LogP contribution in [0.5, 0.6) is 0 Å². The van der Waals surface area contributed by atoms with Crippen LogP contribution in [0.2, 0.25) is 0 Å². The van der Waals surface area contributed by atoms with Crippen molar-refractivity contribution < 1.29 is 29.0 Å². The van der Waals surface area contributed by atoms with Crippen molar-refractivity contribution in [3.8, 4) is 0 Å². The summed E-state index contributed by atoms with van der Waals surface area (Å²) in [6, 6.07) is 8.53. The van der Waals surface area contributed by atoms with Crippen molar-refractivity contribution in [1.82, 2.24) is 0 Å². The van der Waals surface area contributed by atoms with Gasteiger partial charge in [-0.3, -0.25) is 19.2 Å². The zero-order valence-corrected chi connectivity index (χ0v) is 14.7. The van der Waals surface area contributed by atoms with Gasteiger partial charge in [-0.1, -0.05) is 38.0 Å². The van der Waals surface area contributed by atoms with E-state index in [4.69, 9.17) is 15.6 Å². The number of amides is 2. The molecule has 142 valence electrons. The van der Waals surface area contributed by atoms with Gasteiger partial charge in [0.1, 0.15) is 6.61 Å². The Morgan fingerprint density at radius 3 is 2.35 bits per heavy atom. The number of nitrogens with one attached hydrogen (secondary N) is 1. The third-order valence-electron chi connectivity index (χ3n) is 3.92. The summed E-state index contributed by atoms with van der Waals surface area (Å²) in [7, 11) is 0. The van der Waals surface area contributed by atoms with Crippen molar-refractivity contribution in [2.45, 2.75) is 39.0 Å². The van der Waals surface area contributed by atoms with Gasteiger partial charge in [0, 0.05) is 5.69 Å². The minimum atomic E-state index is -1.72. The van der Waals surface area contributed by atoms with Crippen LogP contribution in [0, 0.1) is 5.41 Å². The normalized spacial score (nSPS) is 12.7. The molecule has 1 aromatic rings. The lowest BCUT2D eigenvalue weighted by Gasteiger charge is -2.28. The molecule has 0 spiro atoms. The van der Waals surface area contributed by atoms with Crippen LogP contribution in [0.4, 0.5) is 5.69 Å². The third kappa shape index (κ3) is 6.19. The number of carbonyl (C=O) groups is 4. The van der Waals surface area contributed by atoms with Gasteiger partial charge in [0.15, 0.2) is 5.41 Å². The summed E-state index contributed by atoms with van der Waals surface area (Å²) in [6.45, 7) is 1.36. The number of nitrogens with two attached hydrogens (primary N) is 1. The summed E-state index contributed by atoms with van der Waals surface area (Å²) in [5, 5.41) is 11.2. The largest absolute Gasteiger partial charge is 0.481 e. The van der Waals surface area contributed by atoms with Crippen LogP contribution < -0.4 is 11.1 Å². The number of esters is 1. The zero-order chi connectivity index (χ0) is 19.6. The van der Waals surface area contributed by atoms with Crippen molar-refractivity contribution >= 4 is 29.4 Å². The van der Waals surface area contributed by atoms with E-state index in [1.807, 2.05) is 6.92 Å². The lowest BCUT2D eigenvalue weighted by Crippen LogP contribution is -2.50. The Labute approximate surface area is 151 Å². The van der Waals surface area contributed by atoms with E-state index in [9.17, 15) is 19.2 Å². The topological polar surface area (TPSA) is 136 Å². The van der Waals surface area contributed by atoms with Crippen molar-refractivity contribution in [3.63, 3.8) is 0 Å². The van der Waals surface area contributed by atoms with Gasteiger partial charge >= 0.3 is 11.9 Å². The number of para-hydroxylation sites is 1. The minimum absolute atomic E-state index is 0.115. The summed E-state index contributed by atoms with van der Waals surface area (Å²) < 4.78 is 5.01. The van der Waals surface area contributed by atoms with E-state index in [-0.39, 0.29) is 12.8 Å². The van der Waals surface area contributed by atoms with Crippen LogP contribution in [0.3, 0.4) is 0 Å². The van der Waals surface area contributed by atoms with Gasteiger partial charge in [-0.15, -0.1) is 0 Å². The maximum Gasteiger partial charge on any atom is 0.306 e. The van der Waals surface area contributed by atoms with Gasteiger partial charge < -0.3 is 20.9 Å². The second kappa shape index (κ2) is 10.2. The number of rotatable bonds is 11. The number of carboxylic acids is 1. The van der Waals surface area contributed by atoms with Crippen LogP contribution in [0.15, 0.2) is 30.3 Å². The lowest BCUT2D eigenvalue weighted by molar-refractivity contribution is -0.155. The fourth-order valence-corrected chi connectivity index (χ4v) is 2.29. The number of benzene rings is 1. The predicted octanol–water partition coefficient (Wildman–Crippen LogP) is 1.69. The molecule has 26 heavy (non-hydrogen) atoms. The Bertz CT molecular complexity index is 646. The summed E-state index contributed by atoms with van der Waals surface area (Å²) >= 11 is 0. The number of anilines is 1. The average Bonchev–Trinajstić information content (AvgIpc) is 2.60.